The third kappa shape index (κ3) is 22.9. The van der Waals surface area contributed by atoms with E-state index in [1.54, 1.807) is 19.9 Å². The van der Waals surface area contributed by atoms with Crippen molar-refractivity contribution >= 4 is 5.97 Å². The molecule has 0 unspecified atom stereocenters. The van der Waals surface area contributed by atoms with Gasteiger partial charge in [0.2, 0.25) is 0 Å². The number of ether oxygens (including phenoxy) is 1. The van der Waals surface area contributed by atoms with Crippen molar-refractivity contribution in [2.75, 3.05) is 6.61 Å². The summed E-state index contributed by atoms with van der Waals surface area (Å²) in [4.78, 5) is 10.3. The topological polar surface area (TPSA) is 26.3 Å². The van der Waals surface area contributed by atoms with Crippen LogP contribution in [-0.2, 0) is 9.53 Å². The molecule has 2 heteroatoms. The second-order valence-corrected chi connectivity index (χ2v) is 1.25. The monoisotopic (exact) mass is 174 g/mol. The molecule has 12 heavy (non-hydrogen) atoms. The van der Waals surface area contributed by atoms with Crippen molar-refractivity contribution in [2.45, 2.75) is 41.5 Å². The van der Waals surface area contributed by atoms with Gasteiger partial charge in [-0.2, -0.15) is 0 Å². The van der Waals surface area contributed by atoms with Crippen LogP contribution in [0.5, 0.6) is 0 Å². The zero-order valence-electron chi connectivity index (χ0n) is 9.18. The van der Waals surface area contributed by atoms with Gasteiger partial charge in [0, 0.05) is 6.08 Å². The van der Waals surface area contributed by atoms with E-state index >= 15 is 0 Å². The van der Waals surface area contributed by atoms with E-state index in [1.165, 1.54) is 6.08 Å². The number of hydrogen-bond acceptors (Lipinski definition) is 2. The fourth-order valence-corrected chi connectivity index (χ4v) is 0.326. The summed E-state index contributed by atoms with van der Waals surface area (Å²) in [6, 6.07) is 0. The van der Waals surface area contributed by atoms with Crippen LogP contribution >= 0.6 is 0 Å². The van der Waals surface area contributed by atoms with Gasteiger partial charge < -0.3 is 4.74 Å². The Balaban J connectivity index is -0.000000175. The van der Waals surface area contributed by atoms with Crippen LogP contribution in [0.2, 0.25) is 0 Å². The molecule has 0 aliphatic carbocycles. The molecule has 0 saturated carbocycles. The molecule has 0 heterocycles. The molecule has 0 radical (unpaired) electrons. The Labute approximate surface area is 76.6 Å². The molecule has 0 amide bonds. The van der Waals surface area contributed by atoms with Gasteiger partial charge in [-0.05, 0) is 13.8 Å². The third-order valence-corrected chi connectivity index (χ3v) is 0.589. The highest BCUT2D eigenvalue weighted by molar-refractivity contribution is 5.81. The molecule has 0 N–H and O–H groups in total. The Kier molecular flexibility index (Phi) is 32.4. The quantitative estimate of drug-likeness (QED) is 0.474. The van der Waals surface area contributed by atoms with Gasteiger partial charge in [-0.3, -0.25) is 0 Å². The lowest BCUT2D eigenvalue weighted by molar-refractivity contribution is -0.137. The highest BCUT2D eigenvalue weighted by Crippen LogP contribution is 1.78. The minimum Gasteiger partial charge on any atom is -0.463 e. The average molecular weight is 174 g/mol. The summed E-state index contributed by atoms with van der Waals surface area (Å²) in [5, 5.41) is 0. The predicted molar refractivity (Wildman–Crippen MR) is 54.1 cm³/mol. The van der Waals surface area contributed by atoms with Crippen LogP contribution in [-0.4, -0.2) is 12.6 Å². The van der Waals surface area contributed by atoms with E-state index in [-0.39, 0.29) is 5.97 Å². The first-order valence-electron chi connectivity index (χ1n) is 4.60. The van der Waals surface area contributed by atoms with E-state index in [0.717, 1.165) is 0 Å². The largest absolute Gasteiger partial charge is 0.463 e. The molecule has 0 aromatic rings. The normalized spacial score (nSPS) is 7.50. The number of hydrogen-bond donors (Lipinski definition) is 0. The molecule has 0 fully saturated rings. The van der Waals surface area contributed by atoms with Crippen LogP contribution in [0.4, 0.5) is 0 Å². The highest BCUT2D eigenvalue weighted by atomic mass is 16.5. The van der Waals surface area contributed by atoms with Crippen molar-refractivity contribution in [3.8, 4) is 0 Å². The minimum atomic E-state index is -0.269. The van der Waals surface area contributed by atoms with Crippen molar-refractivity contribution in [1.82, 2.24) is 0 Å². The van der Waals surface area contributed by atoms with Crippen molar-refractivity contribution in [3.05, 3.63) is 12.2 Å². The lowest BCUT2D eigenvalue weighted by Crippen LogP contribution is -1.98. The maximum Gasteiger partial charge on any atom is 0.330 e. The van der Waals surface area contributed by atoms with Crippen LogP contribution in [0.3, 0.4) is 0 Å². The van der Waals surface area contributed by atoms with Crippen LogP contribution in [0.25, 0.3) is 0 Å². The van der Waals surface area contributed by atoms with Gasteiger partial charge >= 0.3 is 5.97 Å². The number of esters is 1. The Hall–Kier alpha value is -0.790. The van der Waals surface area contributed by atoms with E-state index in [9.17, 15) is 4.79 Å². The van der Waals surface area contributed by atoms with Gasteiger partial charge in [0.15, 0.2) is 0 Å². The molecular weight excluding hydrogens is 152 g/mol. The van der Waals surface area contributed by atoms with E-state index in [2.05, 4.69) is 4.74 Å². The molecule has 0 atom stereocenters. The van der Waals surface area contributed by atoms with Crippen LogP contribution in [0.15, 0.2) is 12.2 Å². The van der Waals surface area contributed by atoms with E-state index < -0.39 is 0 Å². The van der Waals surface area contributed by atoms with E-state index in [0.29, 0.717) is 6.61 Å². The summed E-state index contributed by atoms with van der Waals surface area (Å²) < 4.78 is 4.56. The first-order valence-corrected chi connectivity index (χ1v) is 4.60. The smallest absolute Gasteiger partial charge is 0.330 e. The van der Waals surface area contributed by atoms with Gasteiger partial charge in [-0.15, -0.1) is 0 Å². The summed E-state index contributed by atoms with van der Waals surface area (Å²) in [5.41, 5.74) is 0. The zero-order valence-corrected chi connectivity index (χ0v) is 9.18. The first kappa shape index (κ1) is 17.3. The zero-order chi connectivity index (χ0) is 10.4. The maximum atomic E-state index is 10.3. The molecule has 0 aliphatic rings. The molecule has 0 bridgehead atoms. The second-order valence-electron chi connectivity index (χ2n) is 1.25. The third-order valence-electron chi connectivity index (χ3n) is 0.589. The Morgan fingerprint density at radius 3 is 1.92 bits per heavy atom. The van der Waals surface area contributed by atoms with Gasteiger partial charge in [-0.25, -0.2) is 4.79 Å². The summed E-state index contributed by atoms with van der Waals surface area (Å²) >= 11 is 0. The van der Waals surface area contributed by atoms with Crippen molar-refractivity contribution < 1.29 is 9.53 Å². The predicted octanol–water partition coefficient (Wildman–Crippen LogP) is 3.18. The maximum absolute atomic E-state index is 10.3. The average Bonchev–Trinajstić information content (AvgIpc) is 2.12. The SMILES string of the molecule is C/C=C/C(=O)OCC.CC.CC. The van der Waals surface area contributed by atoms with Crippen molar-refractivity contribution in [1.29, 1.82) is 0 Å². The Bertz CT molecular complexity index is 96.0. The summed E-state index contributed by atoms with van der Waals surface area (Å²) in [6.07, 6.45) is 3.04. The molecule has 2 nitrogen and oxygen atoms in total. The van der Waals surface area contributed by atoms with E-state index in [1.807, 2.05) is 27.7 Å². The minimum absolute atomic E-state index is 0.269. The molecule has 0 aromatic heterocycles. The summed E-state index contributed by atoms with van der Waals surface area (Å²) in [6.45, 7) is 12.0. The van der Waals surface area contributed by atoms with Gasteiger partial charge in [0.1, 0.15) is 0 Å². The van der Waals surface area contributed by atoms with Crippen molar-refractivity contribution in [2.24, 2.45) is 0 Å². The van der Waals surface area contributed by atoms with Gasteiger partial charge in [0.05, 0.1) is 6.61 Å². The number of rotatable bonds is 2. The molecule has 0 spiro atoms. The van der Waals surface area contributed by atoms with Gasteiger partial charge in [-0.1, -0.05) is 33.8 Å². The van der Waals surface area contributed by atoms with Crippen molar-refractivity contribution in [3.63, 3.8) is 0 Å². The highest BCUT2D eigenvalue weighted by Gasteiger charge is 1.88. The van der Waals surface area contributed by atoms with Gasteiger partial charge in [0.25, 0.3) is 0 Å². The number of allylic oxidation sites excluding steroid dienone is 1. The lowest BCUT2D eigenvalue weighted by atomic mass is 10.5. The molecule has 0 aliphatic heterocycles. The van der Waals surface area contributed by atoms with Crippen LogP contribution in [0.1, 0.15) is 41.5 Å². The van der Waals surface area contributed by atoms with E-state index in [4.69, 9.17) is 0 Å². The number of carbonyl (C=O) groups excluding carboxylic acids is 1. The molecular formula is C10H22O2. The molecule has 74 valence electrons. The second kappa shape index (κ2) is 22.5. The molecule has 0 saturated heterocycles. The summed E-state index contributed by atoms with van der Waals surface area (Å²) in [7, 11) is 0. The lowest BCUT2D eigenvalue weighted by Gasteiger charge is -1.91. The standard InChI is InChI=1S/C6H10O2.2C2H6/c1-3-5-6(7)8-4-2;2*1-2/h3,5H,4H2,1-2H3;2*1-2H3/b5-3+;;. The van der Waals surface area contributed by atoms with Crippen LogP contribution in [0, 0.1) is 0 Å². The summed E-state index contributed by atoms with van der Waals surface area (Å²) in [5.74, 6) is -0.269. The molecule has 0 rings (SSSR count). The fourth-order valence-electron chi connectivity index (χ4n) is 0.326. The Morgan fingerprint density at radius 1 is 1.25 bits per heavy atom. The first-order chi connectivity index (χ1) is 5.81. The number of carbonyl (C=O) groups is 1. The fraction of sp³-hybridized carbons (Fsp3) is 0.700. The Morgan fingerprint density at radius 2 is 1.67 bits per heavy atom. The molecule has 0 aromatic carbocycles. The van der Waals surface area contributed by atoms with Crippen LogP contribution < -0.4 is 0 Å².